The van der Waals surface area contributed by atoms with E-state index in [-0.39, 0.29) is 35.9 Å². The Bertz CT molecular complexity index is 719. The minimum Gasteiger partial charge on any atom is -0.357 e. The number of nitrogens with one attached hydrogen (secondary N) is 3. The zero-order valence-corrected chi connectivity index (χ0v) is 17.8. The summed E-state index contributed by atoms with van der Waals surface area (Å²) in [4.78, 5) is 16.4. The van der Waals surface area contributed by atoms with Crippen LogP contribution in [0.2, 0.25) is 0 Å². The fraction of sp³-hybridized carbons (Fsp3) is 0.300. The second kappa shape index (κ2) is 11.5. The first-order valence-corrected chi connectivity index (χ1v) is 8.54. The maximum Gasteiger partial charge on any atom is 0.251 e. The maximum atomic E-state index is 11.7. The third-order valence-electron chi connectivity index (χ3n) is 3.83. The SMILES string of the molecule is CCNC(=NCc1cccc(C(=O)NC)c1)NC(C)c1ccccc1.I. The molecule has 0 bridgehead atoms. The highest BCUT2D eigenvalue weighted by Crippen LogP contribution is 2.11. The molecule has 0 spiro atoms. The van der Waals surface area contributed by atoms with Crippen molar-refractivity contribution in [1.29, 1.82) is 0 Å². The van der Waals surface area contributed by atoms with Crippen molar-refractivity contribution in [2.45, 2.75) is 26.4 Å². The summed E-state index contributed by atoms with van der Waals surface area (Å²) in [6, 6.07) is 17.9. The lowest BCUT2D eigenvalue weighted by molar-refractivity contribution is 0.0963. The maximum absolute atomic E-state index is 11.7. The van der Waals surface area contributed by atoms with Crippen LogP contribution in [0.25, 0.3) is 0 Å². The molecule has 0 saturated heterocycles. The van der Waals surface area contributed by atoms with Crippen LogP contribution in [0.4, 0.5) is 0 Å². The molecule has 1 atom stereocenters. The number of benzene rings is 2. The zero-order chi connectivity index (χ0) is 18.1. The van der Waals surface area contributed by atoms with Gasteiger partial charge in [0.2, 0.25) is 0 Å². The van der Waals surface area contributed by atoms with Gasteiger partial charge in [-0.1, -0.05) is 42.5 Å². The molecule has 5 nitrogen and oxygen atoms in total. The molecular formula is C20H27IN4O. The lowest BCUT2D eigenvalue weighted by atomic mass is 10.1. The Kier molecular flexibility index (Phi) is 9.72. The molecule has 2 aromatic rings. The van der Waals surface area contributed by atoms with Gasteiger partial charge in [0, 0.05) is 19.2 Å². The fourth-order valence-electron chi connectivity index (χ4n) is 2.48. The molecule has 0 aliphatic heterocycles. The standard InChI is InChI=1S/C20H26N4O.HI/c1-4-22-20(24-15(2)17-10-6-5-7-11-17)23-14-16-9-8-12-18(13-16)19(25)21-3;/h5-13,15H,4,14H2,1-3H3,(H,21,25)(H2,22,23,24);1H. The molecule has 0 fully saturated rings. The summed E-state index contributed by atoms with van der Waals surface area (Å²) in [5.74, 6) is 0.665. The van der Waals surface area contributed by atoms with Crippen LogP contribution in [0.1, 0.15) is 41.4 Å². The van der Waals surface area contributed by atoms with Gasteiger partial charge in [0.25, 0.3) is 5.91 Å². The Morgan fingerprint density at radius 3 is 2.50 bits per heavy atom. The van der Waals surface area contributed by atoms with Gasteiger partial charge in [-0.2, -0.15) is 0 Å². The van der Waals surface area contributed by atoms with Gasteiger partial charge in [-0.3, -0.25) is 4.79 Å². The van der Waals surface area contributed by atoms with Crippen molar-refractivity contribution in [3.8, 4) is 0 Å². The van der Waals surface area contributed by atoms with Gasteiger partial charge in [-0.25, -0.2) is 4.99 Å². The predicted molar refractivity (Wildman–Crippen MR) is 118 cm³/mol. The van der Waals surface area contributed by atoms with Gasteiger partial charge in [0.1, 0.15) is 0 Å². The molecule has 0 aliphatic rings. The third-order valence-corrected chi connectivity index (χ3v) is 3.83. The van der Waals surface area contributed by atoms with Crippen molar-refractivity contribution in [2.24, 2.45) is 4.99 Å². The molecule has 26 heavy (non-hydrogen) atoms. The van der Waals surface area contributed by atoms with Crippen molar-refractivity contribution < 1.29 is 4.79 Å². The molecule has 6 heteroatoms. The topological polar surface area (TPSA) is 65.5 Å². The number of rotatable bonds is 6. The van der Waals surface area contributed by atoms with Crippen LogP contribution in [0.15, 0.2) is 59.6 Å². The van der Waals surface area contributed by atoms with E-state index in [1.165, 1.54) is 5.56 Å². The van der Waals surface area contributed by atoms with Crippen LogP contribution in [0.5, 0.6) is 0 Å². The summed E-state index contributed by atoms with van der Waals surface area (Å²) in [5, 5.41) is 9.31. The molecule has 2 rings (SSSR count). The van der Waals surface area contributed by atoms with Gasteiger partial charge < -0.3 is 16.0 Å². The second-order valence-electron chi connectivity index (χ2n) is 5.75. The van der Waals surface area contributed by atoms with Crippen LogP contribution in [-0.4, -0.2) is 25.5 Å². The van der Waals surface area contributed by atoms with Crippen LogP contribution in [0.3, 0.4) is 0 Å². The smallest absolute Gasteiger partial charge is 0.251 e. The van der Waals surface area contributed by atoms with Crippen molar-refractivity contribution in [3.63, 3.8) is 0 Å². The number of nitrogens with zero attached hydrogens (tertiary/aromatic N) is 1. The Labute approximate surface area is 172 Å². The van der Waals surface area contributed by atoms with Crippen LogP contribution in [0, 0.1) is 0 Å². The zero-order valence-electron chi connectivity index (χ0n) is 15.5. The summed E-state index contributed by atoms with van der Waals surface area (Å²) in [6.07, 6.45) is 0. The van der Waals surface area contributed by atoms with E-state index in [2.05, 4.69) is 40.0 Å². The summed E-state index contributed by atoms with van der Waals surface area (Å²) >= 11 is 0. The van der Waals surface area contributed by atoms with E-state index in [4.69, 9.17) is 0 Å². The van der Waals surface area contributed by atoms with Gasteiger partial charge in [0.05, 0.1) is 12.6 Å². The average molecular weight is 466 g/mol. The van der Waals surface area contributed by atoms with Gasteiger partial charge in [-0.15, -0.1) is 24.0 Å². The fourth-order valence-corrected chi connectivity index (χ4v) is 2.48. The molecule has 2 aromatic carbocycles. The minimum absolute atomic E-state index is 0. The molecule has 0 heterocycles. The van der Waals surface area contributed by atoms with Gasteiger partial charge in [0.15, 0.2) is 5.96 Å². The molecule has 1 unspecified atom stereocenters. The van der Waals surface area contributed by atoms with E-state index >= 15 is 0 Å². The monoisotopic (exact) mass is 466 g/mol. The predicted octanol–water partition coefficient (Wildman–Crippen LogP) is 3.48. The van der Waals surface area contributed by atoms with Gasteiger partial charge in [-0.05, 0) is 37.1 Å². The highest BCUT2D eigenvalue weighted by molar-refractivity contribution is 14.0. The molecular weight excluding hydrogens is 439 g/mol. The molecule has 3 N–H and O–H groups in total. The molecule has 140 valence electrons. The van der Waals surface area contributed by atoms with Crippen molar-refractivity contribution in [2.75, 3.05) is 13.6 Å². The highest BCUT2D eigenvalue weighted by Gasteiger charge is 2.07. The van der Waals surface area contributed by atoms with E-state index in [0.717, 1.165) is 18.1 Å². The number of carbonyl (C=O) groups is 1. The number of halogens is 1. The summed E-state index contributed by atoms with van der Waals surface area (Å²) in [6.45, 7) is 5.43. The van der Waals surface area contributed by atoms with E-state index in [0.29, 0.717) is 12.1 Å². The number of hydrogen-bond acceptors (Lipinski definition) is 2. The van der Waals surface area contributed by atoms with E-state index in [9.17, 15) is 4.79 Å². The first-order chi connectivity index (χ1) is 12.1. The first-order valence-electron chi connectivity index (χ1n) is 8.54. The van der Waals surface area contributed by atoms with E-state index in [1.807, 2.05) is 43.3 Å². The third kappa shape index (κ3) is 6.67. The average Bonchev–Trinajstić information content (AvgIpc) is 2.66. The van der Waals surface area contributed by atoms with E-state index in [1.54, 1.807) is 13.1 Å². The summed E-state index contributed by atoms with van der Waals surface area (Å²) < 4.78 is 0. The number of carbonyl (C=O) groups excluding carboxylic acids is 1. The first kappa shape index (κ1) is 22.0. The molecule has 0 aliphatic carbocycles. The highest BCUT2D eigenvalue weighted by atomic mass is 127. The quantitative estimate of drug-likeness (QED) is 0.347. The molecule has 0 aromatic heterocycles. The lowest BCUT2D eigenvalue weighted by Gasteiger charge is -2.18. The normalized spacial score (nSPS) is 11.9. The Morgan fingerprint density at radius 1 is 1.12 bits per heavy atom. The van der Waals surface area contributed by atoms with Crippen molar-refractivity contribution in [1.82, 2.24) is 16.0 Å². The Hall–Kier alpha value is -2.09. The van der Waals surface area contributed by atoms with Crippen molar-refractivity contribution >= 4 is 35.8 Å². The summed E-state index contributed by atoms with van der Waals surface area (Å²) in [7, 11) is 1.63. The Balaban J connectivity index is 0.00000338. The molecule has 0 saturated carbocycles. The molecule has 1 amide bonds. The number of hydrogen-bond donors (Lipinski definition) is 3. The minimum atomic E-state index is -0.0893. The summed E-state index contributed by atoms with van der Waals surface area (Å²) in [5.41, 5.74) is 2.84. The second-order valence-corrected chi connectivity index (χ2v) is 5.75. The molecule has 0 radical (unpaired) electrons. The largest absolute Gasteiger partial charge is 0.357 e. The Morgan fingerprint density at radius 2 is 1.85 bits per heavy atom. The lowest BCUT2D eigenvalue weighted by Crippen LogP contribution is -2.38. The van der Waals surface area contributed by atoms with Crippen LogP contribution in [-0.2, 0) is 6.54 Å². The number of amides is 1. The van der Waals surface area contributed by atoms with Gasteiger partial charge >= 0.3 is 0 Å². The number of aliphatic imine (C=N–C) groups is 1. The van der Waals surface area contributed by atoms with Crippen molar-refractivity contribution in [3.05, 3.63) is 71.3 Å². The van der Waals surface area contributed by atoms with E-state index < -0.39 is 0 Å². The van der Waals surface area contributed by atoms with Crippen LogP contribution < -0.4 is 16.0 Å². The number of guanidine groups is 1. The van der Waals surface area contributed by atoms with Crippen LogP contribution >= 0.6 is 24.0 Å².